The number of aryl methyl sites for hydroxylation is 1. The van der Waals surface area contributed by atoms with Crippen molar-refractivity contribution in [3.8, 4) is 0 Å². The average molecular weight is 338 g/mol. The minimum absolute atomic E-state index is 0.0791. The van der Waals surface area contributed by atoms with Crippen LogP contribution >= 0.6 is 0 Å². The van der Waals surface area contributed by atoms with E-state index in [0.29, 0.717) is 18.1 Å². The van der Waals surface area contributed by atoms with Crippen molar-refractivity contribution in [2.24, 2.45) is 5.92 Å². The molecule has 0 radical (unpaired) electrons. The quantitative estimate of drug-likeness (QED) is 0.878. The Balaban J connectivity index is 1.57. The van der Waals surface area contributed by atoms with Crippen LogP contribution in [0.1, 0.15) is 34.3 Å². The minimum atomic E-state index is -0.0791. The molecule has 0 saturated carbocycles. The fourth-order valence-corrected chi connectivity index (χ4v) is 3.25. The molecular weight excluding hydrogens is 312 g/mol. The van der Waals surface area contributed by atoms with E-state index < -0.39 is 0 Å². The Bertz CT molecular complexity index is 704. The zero-order valence-electron chi connectivity index (χ0n) is 14.7. The van der Waals surface area contributed by atoms with Crippen LogP contribution in [0.25, 0.3) is 0 Å². The lowest BCUT2D eigenvalue weighted by Crippen LogP contribution is -2.34. The first kappa shape index (κ1) is 17.6. The topological polar surface area (TPSA) is 52.6 Å². The molecular formula is C21H26N2O2. The fraction of sp³-hybridized carbons (Fsp3) is 0.381. The van der Waals surface area contributed by atoms with Crippen molar-refractivity contribution in [2.75, 3.05) is 25.0 Å². The summed E-state index contributed by atoms with van der Waals surface area (Å²) >= 11 is 0. The zero-order valence-corrected chi connectivity index (χ0v) is 14.7. The van der Waals surface area contributed by atoms with Crippen LogP contribution in [0.2, 0.25) is 0 Å². The first-order valence-electron chi connectivity index (χ1n) is 8.95. The third-order valence-corrected chi connectivity index (χ3v) is 4.98. The maximum Gasteiger partial charge on any atom is 0.255 e. The molecule has 0 bridgehead atoms. The van der Waals surface area contributed by atoms with Crippen LogP contribution in [-0.2, 0) is 6.54 Å². The predicted octanol–water partition coefficient (Wildman–Crippen LogP) is 3.45. The lowest BCUT2D eigenvalue weighted by atomic mass is 9.97. The average Bonchev–Trinajstić information content (AvgIpc) is 2.65. The molecule has 132 valence electrons. The Labute approximate surface area is 149 Å². The van der Waals surface area contributed by atoms with E-state index in [-0.39, 0.29) is 5.91 Å². The van der Waals surface area contributed by atoms with Crippen molar-refractivity contribution in [3.63, 3.8) is 0 Å². The summed E-state index contributed by atoms with van der Waals surface area (Å²) in [6.07, 6.45) is 2.13. The summed E-state index contributed by atoms with van der Waals surface area (Å²) in [5.41, 5.74) is 3.79. The van der Waals surface area contributed by atoms with Gasteiger partial charge in [-0.3, -0.25) is 9.69 Å². The fourth-order valence-electron chi connectivity index (χ4n) is 3.25. The molecule has 0 aromatic heterocycles. The number of amides is 1. The molecule has 2 N–H and O–H groups in total. The van der Waals surface area contributed by atoms with Crippen molar-refractivity contribution in [1.29, 1.82) is 0 Å². The summed E-state index contributed by atoms with van der Waals surface area (Å²) < 4.78 is 0. The summed E-state index contributed by atoms with van der Waals surface area (Å²) in [5.74, 6) is 0.383. The van der Waals surface area contributed by atoms with Crippen LogP contribution in [0.3, 0.4) is 0 Å². The van der Waals surface area contributed by atoms with Gasteiger partial charge in [-0.15, -0.1) is 0 Å². The normalized spacial score (nSPS) is 15.9. The molecule has 3 rings (SSSR count). The van der Waals surface area contributed by atoms with E-state index in [9.17, 15) is 9.90 Å². The zero-order chi connectivity index (χ0) is 17.6. The molecule has 0 spiro atoms. The molecule has 1 heterocycles. The first-order valence-corrected chi connectivity index (χ1v) is 8.95. The van der Waals surface area contributed by atoms with Crippen LogP contribution < -0.4 is 5.32 Å². The van der Waals surface area contributed by atoms with Gasteiger partial charge in [-0.25, -0.2) is 0 Å². The lowest BCUT2D eigenvalue weighted by Gasteiger charge is -2.31. The lowest BCUT2D eigenvalue weighted by molar-refractivity contribution is 0.102. The molecule has 1 saturated heterocycles. The number of nitrogens with one attached hydrogen (secondary N) is 1. The van der Waals surface area contributed by atoms with Crippen molar-refractivity contribution in [2.45, 2.75) is 26.3 Å². The molecule has 25 heavy (non-hydrogen) atoms. The number of carbonyl (C=O) groups is 1. The Morgan fingerprint density at radius 2 is 1.80 bits per heavy atom. The van der Waals surface area contributed by atoms with Gasteiger partial charge in [-0.1, -0.05) is 30.3 Å². The van der Waals surface area contributed by atoms with Gasteiger partial charge >= 0.3 is 0 Å². The largest absolute Gasteiger partial charge is 0.396 e. The van der Waals surface area contributed by atoms with Gasteiger partial charge in [0, 0.05) is 24.4 Å². The Morgan fingerprint density at radius 3 is 2.44 bits per heavy atom. The highest BCUT2D eigenvalue weighted by Crippen LogP contribution is 2.19. The third kappa shape index (κ3) is 4.68. The van der Waals surface area contributed by atoms with Crippen molar-refractivity contribution in [1.82, 2.24) is 4.90 Å². The van der Waals surface area contributed by atoms with Crippen LogP contribution in [0.4, 0.5) is 5.69 Å². The molecule has 0 atom stereocenters. The Morgan fingerprint density at radius 1 is 1.12 bits per heavy atom. The van der Waals surface area contributed by atoms with E-state index in [4.69, 9.17) is 0 Å². The molecule has 2 aromatic rings. The number of carbonyl (C=O) groups excluding carboxylic acids is 1. The molecule has 4 nitrogen and oxygen atoms in total. The van der Waals surface area contributed by atoms with Gasteiger partial charge in [0.2, 0.25) is 0 Å². The number of rotatable bonds is 5. The van der Waals surface area contributed by atoms with Gasteiger partial charge in [-0.2, -0.15) is 0 Å². The number of aliphatic hydroxyl groups is 1. The molecule has 1 aliphatic rings. The second-order valence-electron chi connectivity index (χ2n) is 6.87. The van der Waals surface area contributed by atoms with Gasteiger partial charge in [0.15, 0.2) is 0 Å². The smallest absolute Gasteiger partial charge is 0.255 e. The van der Waals surface area contributed by atoms with Crippen molar-refractivity contribution >= 4 is 11.6 Å². The SMILES string of the molecule is Cc1ccccc1NC(=O)c1ccc(CN2CCC(CO)CC2)cc1. The van der Waals surface area contributed by atoms with Crippen LogP contribution in [-0.4, -0.2) is 35.6 Å². The second kappa shape index (κ2) is 8.28. The van der Waals surface area contributed by atoms with Gasteiger partial charge in [0.25, 0.3) is 5.91 Å². The van der Waals surface area contributed by atoms with Gasteiger partial charge < -0.3 is 10.4 Å². The van der Waals surface area contributed by atoms with Crippen molar-refractivity contribution < 1.29 is 9.90 Å². The highest BCUT2D eigenvalue weighted by Gasteiger charge is 2.18. The predicted molar refractivity (Wildman–Crippen MR) is 101 cm³/mol. The van der Waals surface area contributed by atoms with Crippen LogP contribution in [0, 0.1) is 12.8 Å². The summed E-state index contributed by atoms with van der Waals surface area (Å²) in [6.45, 7) is 5.25. The summed E-state index contributed by atoms with van der Waals surface area (Å²) in [4.78, 5) is 14.8. The number of likely N-dealkylation sites (tertiary alicyclic amines) is 1. The molecule has 1 fully saturated rings. The Kier molecular flexibility index (Phi) is 5.84. The van der Waals surface area contributed by atoms with Gasteiger partial charge in [0.05, 0.1) is 0 Å². The van der Waals surface area contributed by atoms with E-state index in [1.807, 2.05) is 55.5 Å². The molecule has 1 amide bonds. The van der Waals surface area contributed by atoms with Gasteiger partial charge in [0.1, 0.15) is 0 Å². The molecule has 2 aromatic carbocycles. The number of benzene rings is 2. The van der Waals surface area contributed by atoms with E-state index >= 15 is 0 Å². The maximum absolute atomic E-state index is 12.4. The standard InChI is InChI=1S/C21H26N2O2/c1-16-4-2-3-5-20(16)22-21(25)19-8-6-17(7-9-19)14-23-12-10-18(15-24)11-13-23/h2-9,18,24H,10-15H2,1H3,(H,22,25). The number of aliphatic hydroxyl groups excluding tert-OH is 1. The van der Waals surface area contributed by atoms with E-state index in [2.05, 4.69) is 10.2 Å². The van der Waals surface area contributed by atoms with Gasteiger partial charge in [-0.05, 0) is 68.1 Å². The number of hydrogen-bond acceptors (Lipinski definition) is 3. The summed E-state index contributed by atoms with van der Waals surface area (Å²) in [5, 5.41) is 12.2. The van der Waals surface area contributed by atoms with Crippen molar-refractivity contribution in [3.05, 3.63) is 65.2 Å². The monoisotopic (exact) mass is 338 g/mol. The summed E-state index contributed by atoms with van der Waals surface area (Å²) in [6, 6.07) is 15.6. The number of hydrogen-bond donors (Lipinski definition) is 2. The van der Waals surface area contributed by atoms with E-state index in [1.165, 1.54) is 5.56 Å². The number of piperidine rings is 1. The highest BCUT2D eigenvalue weighted by atomic mass is 16.3. The first-order chi connectivity index (χ1) is 12.2. The van der Waals surface area contributed by atoms with E-state index in [0.717, 1.165) is 43.7 Å². The maximum atomic E-state index is 12.4. The number of para-hydroxylation sites is 1. The molecule has 0 unspecified atom stereocenters. The van der Waals surface area contributed by atoms with E-state index in [1.54, 1.807) is 0 Å². The molecule has 0 aliphatic carbocycles. The van der Waals surface area contributed by atoms with Crippen LogP contribution in [0.15, 0.2) is 48.5 Å². The Hall–Kier alpha value is -2.17. The number of anilines is 1. The number of nitrogens with zero attached hydrogens (tertiary/aromatic N) is 1. The molecule has 4 heteroatoms. The third-order valence-electron chi connectivity index (χ3n) is 4.98. The van der Waals surface area contributed by atoms with Crippen LogP contribution in [0.5, 0.6) is 0 Å². The minimum Gasteiger partial charge on any atom is -0.396 e. The summed E-state index contributed by atoms with van der Waals surface area (Å²) in [7, 11) is 0. The second-order valence-corrected chi connectivity index (χ2v) is 6.87. The molecule has 1 aliphatic heterocycles. The highest BCUT2D eigenvalue weighted by molar-refractivity contribution is 6.04.